The van der Waals surface area contributed by atoms with Gasteiger partial charge in [0.15, 0.2) is 17.5 Å². The molecular formula is C31H30F4. The Kier molecular flexibility index (Phi) is 8.29. The number of rotatable bonds is 6. The van der Waals surface area contributed by atoms with E-state index in [2.05, 4.69) is 30.9 Å². The average Bonchev–Trinajstić information content (AvgIpc) is 2.86. The van der Waals surface area contributed by atoms with Crippen LogP contribution >= 0.6 is 0 Å². The summed E-state index contributed by atoms with van der Waals surface area (Å²) < 4.78 is 55.5. The molecule has 0 saturated heterocycles. The summed E-state index contributed by atoms with van der Waals surface area (Å²) in [4.78, 5) is 0. The maximum absolute atomic E-state index is 14.7. The fraction of sp³-hybridized carbons (Fsp3) is 0.355. The molecule has 3 aromatic carbocycles. The van der Waals surface area contributed by atoms with Crippen molar-refractivity contribution in [3.05, 3.63) is 94.6 Å². The molecule has 0 radical (unpaired) electrons. The Balaban J connectivity index is 1.35. The zero-order valence-electron chi connectivity index (χ0n) is 20.0. The van der Waals surface area contributed by atoms with Crippen LogP contribution in [-0.2, 0) is 6.42 Å². The van der Waals surface area contributed by atoms with E-state index in [0.717, 1.165) is 30.4 Å². The molecule has 1 saturated carbocycles. The fourth-order valence-corrected chi connectivity index (χ4v) is 5.02. The first kappa shape index (κ1) is 25.0. The molecule has 0 N–H and O–H groups in total. The van der Waals surface area contributed by atoms with Crippen molar-refractivity contribution in [2.24, 2.45) is 11.8 Å². The third kappa shape index (κ3) is 6.34. The largest absolute Gasteiger partial charge is 0.206 e. The molecule has 0 nitrogen and oxygen atoms in total. The van der Waals surface area contributed by atoms with Crippen LogP contribution in [0, 0.1) is 46.9 Å². The van der Waals surface area contributed by atoms with E-state index < -0.39 is 17.5 Å². The van der Waals surface area contributed by atoms with Gasteiger partial charge < -0.3 is 0 Å². The van der Waals surface area contributed by atoms with Crippen LogP contribution in [0.15, 0.2) is 54.6 Å². The smallest absolute Gasteiger partial charge is 0.195 e. The highest BCUT2D eigenvalue weighted by atomic mass is 19.2. The number of hydrogen-bond donors (Lipinski definition) is 0. The van der Waals surface area contributed by atoms with Gasteiger partial charge in [0.05, 0.1) is 5.56 Å². The van der Waals surface area contributed by atoms with Crippen LogP contribution in [0.25, 0.3) is 10.8 Å². The lowest BCUT2D eigenvalue weighted by molar-refractivity contribution is 0.254. The van der Waals surface area contributed by atoms with Gasteiger partial charge in [-0.1, -0.05) is 61.8 Å². The van der Waals surface area contributed by atoms with Gasteiger partial charge in [0.1, 0.15) is 5.82 Å². The minimum Gasteiger partial charge on any atom is -0.206 e. The van der Waals surface area contributed by atoms with E-state index in [1.54, 1.807) is 12.1 Å². The summed E-state index contributed by atoms with van der Waals surface area (Å²) in [7, 11) is 0. The summed E-state index contributed by atoms with van der Waals surface area (Å²) in [6.07, 6.45) is 13.9. The molecule has 0 atom stereocenters. The SMILES string of the molecule is C/C=C/CCC1CCC(CCc2ccc(C#Cc3ccc4c(F)c(F)c(F)cc4c3)c(F)c2)CC1. The van der Waals surface area contributed by atoms with Crippen molar-refractivity contribution < 1.29 is 17.6 Å². The van der Waals surface area contributed by atoms with Gasteiger partial charge in [0.2, 0.25) is 0 Å². The van der Waals surface area contributed by atoms with Crippen molar-refractivity contribution in [1.82, 2.24) is 0 Å². The quantitative estimate of drug-likeness (QED) is 0.144. The summed E-state index contributed by atoms with van der Waals surface area (Å²) >= 11 is 0. The van der Waals surface area contributed by atoms with E-state index in [0.29, 0.717) is 11.5 Å². The molecule has 1 aliphatic carbocycles. The topological polar surface area (TPSA) is 0 Å². The van der Waals surface area contributed by atoms with Crippen molar-refractivity contribution in [2.75, 3.05) is 0 Å². The number of allylic oxidation sites excluding steroid dienone is 2. The second-order valence-electron chi connectivity index (χ2n) is 9.56. The second-order valence-corrected chi connectivity index (χ2v) is 9.56. The molecule has 0 heterocycles. The zero-order chi connectivity index (χ0) is 24.8. The molecule has 182 valence electrons. The molecule has 0 aromatic heterocycles. The summed E-state index contributed by atoms with van der Waals surface area (Å²) in [6, 6.07) is 10.4. The van der Waals surface area contributed by atoms with Crippen molar-refractivity contribution in [3.8, 4) is 11.8 Å². The molecule has 4 heteroatoms. The Morgan fingerprint density at radius 2 is 1.54 bits per heavy atom. The van der Waals surface area contributed by atoms with E-state index in [4.69, 9.17) is 0 Å². The van der Waals surface area contributed by atoms with E-state index >= 15 is 0 Å². The van der Waals surface area contributed by atoms with Gasteiger partial charge in [0, 0.05) is 10.9 Å². The van der Waals surface area contributed by atoms with Gasteiger partial charge in [-0.25, -0.2) is 17.6 Å². The monoisotopic (exact) mass is 478 g/mol. The van der Waals surface area contributed by atoms with Crippen LogP contribution < -0.4 is 0 Å². The van der Waals surface area contributed by atoms with Crippen molar-refractivity contribution in [1.29, 1.82) is 0 Å². The predicted octanol–water partition coefficient (Wildman–Crippen LogP) is 8.89. The maximum Gasteiger partial charge on any atom is 0.195 e. The molecule has 1 fully saturated rings. The molecule has 0 spiro atoms. The standard InChI is InChI=1S/C31H30F4/c1-2-3-4-5-21-6-8-22(9-7-21)10-11-24-13-16-25(28(32)19-24)15-12-23-14-17-27-26(18-23)20-29(33)31(35)30(27)34/h2-3,13-14,16-22H,4-11H2,1H3/b3-2+. The number of hydrogen-bond acceptors (Lipinski definition) is 0. The molecule has 3 aromatic rings. The number of fused-ring (bicyclic) bond motifs is 1. The normalized spacial score (nSPS) is 18.1. The number of aryl methyl sites for hydroxylation is 1. The molecule has 1 aliphatic rings. The Bertz CT molecular complexity index is 1270. The highest BCUT2D eigenvalue weighted by Crippen LogP contribution is 2.34. The average molecular weight is 479 g/mol. The van der Waals surface area contributed by atoms with Gasteiger partial charge in [-0.05, 0) is 85.7 Å². The highest BCUT2D eigenvalue weighted by molar-refractivity contribution is 5.84. The minimum atomic E-state index is -1.49. The van der Waals surface area contributed by atoms with E-state index in [-0.39, 0.29) is 22.2 Å². The first-order valence-electron chi connectivity index (χ1n) is 12.4. The van der Waals surface area contributed by atoms with Crippen LogP contribution in [-0.4, -0.2) is 0 Å². The lowest BCUT2D eigenvalue weighted by Gasteiger charge is -2.28. The Morgan fingerprint density at radius 3 is 2.26 bits per heavy atom. The van der Waals surface area contributed by atoms with Crippen molar-refractivity contribution in [2.45, 2.75) is 58.3 Å². The van der Waals surface area contributed by atoms with Gasteiger partial charge in [-0.3, -0.25) is 0 Å². The third-order valence-corrected chi connectivity index (χ3v) is 7.13. The summed E-state index contributed by atoms with van der Waals surface area (Å²) in [5.41, 5.74) is 1.71. The number of benzene rings is 3. The van der Waals surface area contributed by atoms with Gasteiger partial charge >= 0.3 is 0 Å². The van der Waals surface area contributed by atoms with Crippen molar-refractivity contribution >= 4 is 10.8 Å². The minimum absolute atomic E-state index is 0.0212. The molecule has 35 heavy (non-hydrogen) atoms. The highest BCUT2D eigenvalue weighted by Gasteiger charge is 2.20. The van der Waals surface area contributed by atoms with E-state index in [1.165, 1.54) is 56.7 Å². The lowest BCUT2D eigenvalue weighted by atomic mass is 9.78. The first-order valence-corrected chi connectivity index (χ1v) is 12.4. The molecule has 4 rings (SSSR count). The molecule has 0 amide bonds. The van der Waals surface area contributed by atoms with E-state index in [1.807, 2.05) is 6.07 Å². The maximum atomic E-state index is 14.7. The van der Waals surface area contributed by atoms with Gasteiger partial charge in [0.25, 0.3) is 0 Å². The molecule has 0 aliphatic heterocycles. The number of halogens is 4. The van der Waals surface area contributed by atoms with Crippen LogP contribution in [0.4, 0.5) is 17.6 Å². The molecule has 0 unspecified atom stereocenters. The van der Waals surface area contributed by atoms with Gasteiger partial charge in [-0.15, -0.1) is 0 Å². The zero-order valence-corrected chi connectivity index (χ0v) is 20.0. The summed E-state index contributed by atoms with van der Waals surface area (Å²) in [5, 5.41) is 0.183. The second kappa shape index (κ2) is 11.6. The van der Waals surface area contributed by atoms with Crippen LogP contribution in [0.3, 0.4) is 0 Å². The van der Waals surface area contributed by atoms with Crippen LogP contribution in [0.1, 0.15) is 68.6 Å². The van der Waals surface area contributed by atoms with Crippen LogP contribution in [0.5, 0.6) is 0 Å². The predicted molar refractivity (Wildman–Crippen MR) is 134 cm³/mol. The Hall–Kier alpha value is -3.06. The lowest BCUT2D eigenvalue weighted by Crippen LogP contribution is -2.15. The first-order chi connectivity index (χ1) is 16.9. The van der Waals surface area contributed by atoms with Crippen LogP contribution in [0.2, 0.25) is 0 Å². The summed E-state index contributed by atoms with van der Waals surface area (Å²) in [6.45, 7) is 2.07. The molecule has 0 bridgehead atoms. The fourth-order valence-electron chi connectivity index (χ4n) is 5.02. The van der Waals surface area contributed by atoms with Crippen molar-refractivity contribution in [3.63, 3.8) is 0 Å². The van der Waals surface area contributed by atoms with E-state index in [9.17, 15) is 17.6 Å². The Labute approximate surface area is 205 Å². The van der Waals surface area contributed by atoms with Gasteiger partial charge in [-0.2, -0.15) is 0 Å². The molecular weight excluding hydrogens is 448 g/mol. The summed E-state index contributed by atoms with van der Waals surface area (Å²) in [5.74, 6) is 2.86. The third-order valence-electron chi connectivity index (χ3n) is 7.13. The Morgan fingerprint density at radius 1 is 0.800 bits per heavy atom.